The Bertz CT molecular complexity index is 482. The minimum Gasteiger partial charge on any atom is -0.370 e. The Labute approximate surface area is 126 Å². The molecule has 118 valence electrons. The van der Waals surface area contributed by atoms with Crippen molar-refractivity contribution in [2.45, 2.75) is 63.4 Å². The zero-order valence-corrected chi connectivity index (χ0v) is 13.4. The number of nitrogens with one attached hydrogen (secondary N) is 1. The van der Waals surface area contributed by atoms with Gasteiger partial charge in [0.25, 0.3) is 0 Å². The van der Waals surface area contributed by atoms with Gasteiger partial charge in [0.2, 0.25) is 11.7 Å². The van der Waals surface area contributed by atoms with Gasteiger partial charge in [0, 0.05) is 13.7 Å². The molecule has 1 N–H and O–H groups in total. The zero-order chi connectivity index (χ0) is 14.9. The number of hydrogen-bond acceptors (Lipinski definition) is 5. The SMILES string of the molecule is COC1(c2noc(C3(C)CCCNC3)n2)CCCC(C)C1. The predicted molar refractivity (Wildman–Crippen MR) is 80.1 cm³/mol. The Balaban J connectivity index is 1.86. The van der Waals surface area contributed by atoms with E-state index in [2.05, 4.69) is 24.3 Å². The van der Waals surface area contributed by atoms with E-state index in [1.807, 2.05) is 0 Å². The summed E-state index contributed by atoms with van der Waals surface area (Å²) < 4.78 is 11.5. The molecular weight excluding hydrogens is 266 g/mol. The lowest BCUT2D eigenvalue weighted by Gasteiger charge is -2.36. The van der Waals surface area contributed by atoms with Crippen LogP contribution in [0.3, 0.4) is 0 Å². The summed E-state index contributed by atoms with van der Waals surface area (Å²) >= 11 is 0. The van der Waals surface area contributed by atoms with Gasteiger partial charge in [-0.05, 0) is 51.5 Å². The highest BCUT2D eigenvalue weighted by atomic mass is 16.5. The van der Waals surface area contributed by atoms with Crippen molar-refractivity contribution >= 4 is 0 Å². The quantitative estimate of drug-likeness (QED) is 0.928. The second kappa shape index (κ2) is 5.69. The van der Waals surface area contributed by atoms with Crippen molar-refractivity contribution in [2.24, 2.45) is 5.92 Å². The summed E-state index contributed by atoms with van der Waals surface area (Å²) in [5.41, 5.74) is -0.392. The molecule has 1 saturated carbocycles. The lowest BCUT2D eigenvalue weighted by molar-refractivity contribution is -0.0658. The van der Waals surface area contributed by atoms with E-state index < -0.39 is 0 Å². The molecule has 2 fully saturated rings. The van der Waals surface area contributed by atoms with Crippen molar-refractivity contribution in [3.8, 4) is 0 Å². The van der Waals surface area contributed by atoms with Gasteiger partial charge in [-0.15, -0.1) is 0 Å². The molecule has 0 radical (unpaired) electrons. The van der Waals surface area contributed by atoms with Crippen LogP contribution in [0.15, 0.2) is 4.52 Å². The van der Waals surface area contributed by atoms with Crippen molar-refractivity contribution in [3.05, 3.63) is 11.7 Å². The number of methoxy groups -OCH3 is 1. The summed E-state index contributed by atoms with van der Waals surface area (Å²) in [6.07, 6.45) is 6.65. The maximum Gasteiger partial charge on any atom is 0.233 e. The lowest BCUT2D eigenvalue weighted by Crippen LogP contribution is -2.41. The Morgan fingerprint density at radius 3 is 2.86 bits per heavy atom. The monoisotopic (exact) mass is 293 g/mol. The summed E-state index contributed by atoms with van der Waals surface area (Å²) in [4.78, 5) is 4.76. The first-order valence-electron chi connectivity index (χ1n) is 8.19. The number of hydrogen-bond donors (Lipinski definition) is 1. The summed E-state index contributed by atoms with van der Waals surface area (Å²) in [5.74, 6) is 2.16. The van der Waals surface area contributed by atoms with Crippen molar-refractivity contribution in [1.29, 1.82) is 0 Å². The van der Waals surface area contributed by atoms with Crippen molar-refractivity contribution in [2.75, 3.05) is 20.2 Å². The van der Waals surface area contributed by atoms with E-state index in [0.29, 0.717) is 5.92 Å². The van der Waals surface area contributed by atoms with Crippen LogP contribution in [0.5, 0.6) is 0 Å². The Hall–Kier alpha value is -0.940. The van der Waals surface area contributed by atoms with Gasteiger partial charge in [0.1, 0.15) is 5.60 Å². The minimum absolute atomic E-state index is 0.0429. The fourth-order valence-corrected chi connectivity index (χ4v) is 3.88. The molecule has 2 aliphatic rings. The number of ether oxygens (including phenoxy) is 1. The highest BCUT2D eigenvalue weighted by molar-refractivity contribution is 5.10. The van der Waals surface area contributed by atoms with E-state index in [1.165, 1.54) is 6.42 Å². The Morgan fingerprint density at radius 1 is 1.33 bits per heavy atom. The molecule has 0 bridgehead atoms. The first-order valence-corrected chi connectivity index (χ1v) is 8.19. The van der Waals surface area contributed by atoms with Crippen molar-refractivity contribution < 1.29 is 9.26 Å². The van der Waals surface area contributed by atoms with Crippen LogP contribution in [0.25, 0.3) is 0 Å². The summed E-state index contributed by atoms with van der Waals surface area (Å²) in [6.45, 7) is 6.47. The largest absolute Gasteiger partial charge is 0.370 e. The molecule has 3 atom stereocenters. The van der Waals surface area contributed by atoms with Crippen LogP contribution >= 0.6 is 0 Å². The normalized spacial score (nSPS) is 37.6. The second-order valence-electron chi connectivity index (χ2n) is 7.16. The van der Waals surface area contributed by atoms with Gasteiger partial charge < -0.3 is 14.6 Å². The predicted octanol–water partition coefficient (Wildman–Crippen LogP) is 2.76. The maximum atomic E-state index is 5.87. The molecule has 5 heteroatoms. The number of rotatable bonds is 3. The van der Waals surface area contributed by atoms with E-state index in [-0.39, 0.29) is 11.0 Å². The number of piperidine rings is 1. The first kappa shape index (κ1) is 15.0. The average molecular weight is 293 g/mol. The Morgan fingerprint density at radius 2 is 2.19 bits per heavy atom. The van der Waals surface area contributed by atoms with Gasteiger partial charge in [-0.3, -0.25) is 0 Å². The lowest BCUT2D eigenvalue weighted by atomic mass is 9.78. The van der Waals surface area contributed by atoms with E-state index in [1.54, 1.807) is 7.11 Å². The molecule has 1 aromatic heterocycles. The molecule has 1 saturated heterocycles. The molecule has 5 nitrogen and oxygen atoms in total. The second-order valence-corrected chi connectivity index (χ2v) is 7.16. The zero-order valence-electron chi connectivity index (χ0n) is 13.4. The smallest absolute Gasteiger partial charge is 0.233 e. The standard InChI is InChI=1S/C16H27N3O2/c1-12-6-4-8-16(10-12,20-3)13-18-14(21-19-13)15(2)7-5-9-17-11-15/h12,17H,4-11H2,1-3H3. The third-order valence-corrected chi connectivity index (χ3v) is 5.29. The third-order valence-electron chi connectivity index (χ3n) is 5.29. The topological polar surface area (TPSA) is 60.2 Å². The molecule has 1 aromatic rings. The molecule has 2 heterocycles. The molecule has 3 unspecified atom stereocenters. The fraction of sp³-hybridized carbons (Fsp3) is 0.875. The molecule has 0 amide bonds. The molecule has 1 aliphatic carbocycles. The van der Waals surface area contributed by atoms with Gasteiger partial charge in [0.05, 0.1) is 5.41 Å². The summed E-state index contributed by atoms with van der Waals surface area (Å²) in [5, 5.41) is 7.73. The minimum atomic E-state index is -0.349. The van der Waals surface area contributed by atoms with Crippen LogP contribution in [-0.4, -0.2) is 30.3 Å². The highest BCUT2D eigenvalue weighted by Crippen LogP contribution is 2.42. The molecule has 21 heavy (non-hydrogen) atoms. The van der Waals surface area contributed by atoms with E-state index in [0.717, 1.165) is 56.9 Å². The number of nitrogens with zero attached hydrogens (tertiary/aromatic N) is 2. The first-order chi connectivity index (χ1) is 10.1. The molecule has 0 spiro atoms. The van der Waals surface area contributed by atoms with Crippen LogP contribution in [0.2, 0.25) is 0 Å². The average Bonchev–Trinajstić information content (AvgIpc) is 2.99. The molecular formula is C16H27N3O2. The van der Waals surface area contributed by atoms with E-state index in [9.17, 15) is 0 Å². The summed E-state index contributed by atoms with van der Waals surface area (Å²) in [6, 6.07) is 0. The van der Waals surface area contributed by atoms with Gasteiger partial charge in [-0.1, -0.05) is 18.5 Å². The Kier molecular flexibility index (Phi) is 4.06. The molecule has 1 aliphatic heterocycles. The van der Waals surface area contributed by atoms with Crippen molar-refractivity contribution in [1.82, 2.24) is 15.5 Å². The van der Waals surface area contributed by atoms with Crippen LogP contribution in [0, 0.1) is 5.92 Å². The van der Waals surface area contributed by atoms with E-state index >= 15 is 0 Å². The third kappa shape index (κ3) is 2.73. The fourth-order valence-electron chi connectivity index (χ4n) is 3.88. The van der Waals surface area contributed by atoms with Crippen molar-refractivity contribution in [3.63, 3.8) is 0 Å². The van der Waals surface area contributed by atoms with Crippen LogP contribution in [-0.2, 0) is 15.8 Å². The summed E-state index contributed by atoms with van der Waals surface area (Å²) in [7, 11) is 1.78. The van der Waals surface area contributed by atoms with Gasteiger partial charge in [-0.25, -0.2) is 0 Å². The molecule has 3 rings (SSSR count). The highest BCUT2D eigenvalue weighted by Gasteiger charge is 2.43. The van der Waals surface area contributed by atoms with Crippen LogP contribution in [0.1, 0.15) is 64.1 Å². The number of aromatic nitrogens is 2. The van der Waals surface area contributed by atoms with Gasteiger partial charge in [0.15, 0.2) is 0 Å². The van der Waals surface area contributed by atoms with Crippen LogP contribution in [0.4, 0.5) is 0 Å². The van der Waals surface area contributed by atoms with Crippen LogP contribution < -0.4 is 5.32 Å². The van der Waals surface area contributed by atoms with Gasteiger partial charge >= 0.3 is 0 Å². The van der Waals surface area contributed by atoms with Gasteiger partial charge in [-0.2, -0.15) is 4.98 Å². The maximum absolute atomic E-state index is 5.87. The molecule has 0 aromatic carbocycles. The van der Waals surface area contributed by atoms with E-state index in [4.69, 9.17) is 14.2 Å².